The van der Waals surface area contributed by atoms with E-state index in [9.17, 15) is 4.79 Å². The zero-order chi connectivity index (χ0) is 10.8. The molecular formula is C8H13N5O2. The Morgan fingerprint density at radius 3 is 2.53 bits per heavy atom. The molecule has 1 aliphatic rings. The van der Waals surface area contributed by atoms with E-state index < -0.39 is 0 Å². The molecule has 1 fully saturated rings. The average Bonchev–Trinajstić information content (AvgIpc) is 2.65. The number of carbonyl (C=O) groups excluding carboxylic acids is 1. The quantitative estimate of drug-likeness (QED) is 0.643. The first kappa shape index (κ1) is 9.91. The van der Waals surface area contributed by atoms with Crippen LogP contribution in [0, 0.1) is 0 Å². The van der Waals surface area contributed by atoms with Crippen molar-refractivity contribution < 1.29 is 9.42 Å². The molecule has 1 saturated heterocycles. The second kappa shape index (κ2) is 3.85. The van der Waals surface area contributed by atoms with Crippen LogP contribution in [0.15, 0.2) is 4.63 Å². The van der Waals surface area contributed by atoms with Gasteiger partial charge in [0.25, 0.3) is 5.91 Å². The molecule has 0 bridgehead atoms. The first-order valence-corrected chi connectivity index (χ1v) is 4.74. The third-order valence-electron chi connectivity index (χ3n) is 2.51. The number of nitrogen functional groups attached to an aromatic ring is 1. The van der Waals surface area contributed by atoms with Crippen LogP contribution in [0.25, 0.3) is 0 Å². The Morgan fingerprint density at radius 1 is 1.33 bits per heavy atom. The number of hydrogen-bond acceptors (Lipinski definition) is 6. The van der Waals surface area contributed by atoms with Crippen LogP contribution >= 0.6 is 0 Å². The van der Waals surface area contributed by atoms with Crippen molar-refractivity contribution in [1.29, 1.82) is 0 Å². The molecule has 0 aliphatic carbocycles. The Morgan fingerprint density at radius 2 is 2.00 bits per heavy atom. The van der Waals surface area contributed by atoms with Gasteiger partial charge in [0.05, 0.1) is 0 Å². The van der Waals surface area contributed by atoms with Crippen molar-refractivity contribution in [2.75, 3.05) is 39.0 Å². The number of piperazine rings is 1. The van der Waals surface area contributed by atoms with Crippen LogP contribution < -0.4 is 5.73 Å². The molecule has 0 radical (unpaired) electrons. The van der Waals surface area contributed by atoms with Gasteiger partial charge in [-0.15, -0.1) is 0 Å². The van der Waals surface area contributed by atoms with E-state index >= 15 is 0 Å². The predicted molar refractivity (Wildman–Crippen MR) is 52.1 cm³/mol. The van der Waals surface area contributed by atoms with Crippen LogP contribution in [0.4, 0.5) is 5.82 Å². The van der Waals surface area contributed by atoms with Crippen molar-refractivity contribution in [1.82, 2.24) is 20.1 Å². The zero-order valence-corrected chi connectivity index (χ0v) is 8.51. The second-order valence-corrected chi connectivity index (χ2v) is 3.59. The number of rotatable bonds is 1. The Balaban J connectivity index is 2.06. The van der Waals surface area contributed by atoms with Gasteiger partial charge in [-0.3, -0.25) is 4.79 Å². The number of anilines is 1. The minimum atomic E-state index is -0.207. The highest BCUT2D eigenvalue weighted by molar-refractivity contribution is 5.96. The SMILES string of the molecule is CN1CCN(C(=O)c2nonc2N)CC1. The van der Waals surface area contributed by atoms with Crippen LogP contribution in [-0.2, 0) is 0 Å². The van der Waals surface area contributed by atoms with E-state index in [1.165, 1.54) is 0 Å². The number of likely N-dealkylation sites (N-methyl/N-ethyl adjacent to an activating group) is 1. The molecule has 2 heterocycles. The monoisotopic (exact) mass is 211 g/mol. The highest BCUT2D eigenvalue weighted by Crippen LogP contribution is 2.10. The molecule has 2 rings (SSSR count). The fraction of sp³-hybridized carbons (Fsp3) is 0.625. The molecule has 0 unspecified atom stereocenters. The third-order valence-corrected chi connectivity index (χ3v) is 2.51. The first-order valence-electron chi connectivity index (χ1n) is 4.74. The smallest absolute Gasteiger partial charge is 0.280 e. The summed E-state index contributed by atoms with van der Waals surface area (Å²) in [6, 6.07) is 0. The molecule has 0 aromatic carbocycles. The Hall–Kier alpha value is -1.63. The van der Waals surface area contributed by atoms with Gasteiger partial charge >= 0.3 is 0 Å². The van der Waals surface area contributed by atoms with Crippen molar-refractivity contribution in [3.8, 4) is 0 Å². The lowest BCUT2D eigenvalue weighted by Gasteiger charge is -2.31. The summed E-state index contributed by atoms with van der Waals surface area (Å²) >= 11 is 0. The number of amides is 1. The summed E-state index contributed by atoms with van der Waals surface area (Å²) < 4.78 is 4.40. The minimum Gasteiger partial charge on any atom is -0.379 e. The number of nitrogens with zero attached hydrogens (tertiary/aromatic N) is 4. The van der Waals surface area contributed by atoms with Crippen LogP contribution in [0.5, 0.6) is 0 Å². The molecule has 1 aromatic rings. The largest absolute Gasteiger partial charge is 0.379 e. The summed E-state index contributed by atoms with van der Waals surface area (Å²) in [5.41, 5.74) is 5.56. The van der Waals surface area contributed by atoms with Gasteiger partial charge in [0.2, 0.25) is 11.5 Å². The first-order chi connectivity index (χ1) is 7.18. The van der Waals surface area contributed by atoms with Gasteiger partial charge in [-0.2, -0.15) is 0 Å². The molecule has 1 amide bonds. The Bertz CT molecular complexity index is 356. The van der Waals surface area contributed by atoms with Gasteiger partial charge in [-0.05, 0) is 17.4 Å². The molecule has 1 aromatic heterocycles. The summed E-state index contributed by atoms with van der Waals surface area (Å²) in [4.78, 5) is 15.7. The Labute approximate surface area is 86.8 Å². The van der Waals surface area contributed by atoms with Crippen molar-refractivity contribution in [3.63, 3.8) is 0 Å². The lowest BCUT2D eigenvalue weighted by molar-refractivity contribution is 0.0654. The lowest BCUT2D eigenvalue weighted by Crippen LogP contribution is -2.47. The van der Waals surface area contributed by atoms with Crippen molar-refractivity contribution >= 4 is 11.7 Å². The van der Waals surface area contributed by atoms with Crippen molar-refractivity contribution in [3.05, 3.63) is 5.69 Å². The third kappa shape index (κ3) is 1.91. The fourth-order valence-electron chi connectivity index (χ4n) is 1.50. The maximum atomic E-state index is 11.9. The van der Waals surface area contributed by atoms with E-state index in [1.807, 2.05) is 7.05 Å². The van der Waals surface area contributed by atoms with Gasteiger partial charge < -0.3 is 15.5 Å². The molecule has 7 nitrogen and oxygen atoms in total. The highest BCUT2D eigenvalue weighted by Gasteiger charge is 2.25. The van der Waals surface area contributed by atoms with E-state index in [-0.39, 0.29) is 17.4 Å². The minimum absolute atomic E-state index is 0.0546. The van der Waals surface area contributed by atoms with E-state index in [0.717, 1.165) is 13.1 Å². The van der Waals surface area contributed by atoms with Crippen LogP contribution in [0.2, 0.25) is 0 Å². The van der Waals surface area contributed by atoms with Gasteiger partial charge in [0.15, 0.2) is 0 Å². The van der Waals surface area contributed by atoms with Gasteiger partial charge in [-0.25, -0.2) is 4.63 Å². The van der Waals surface area contributed by atoms with Crippen LogP contribution in [0.3, 0.4) is 0 Å². The molecular weight excluding hydrogens is 198 g/mol. The van der Waals surface area contributed by atoms with Crippen molar-refractivity contribution in [2.24, 2.45) is 0 Å². The van der Waals surface area contributed by atoms with Crippen LogP contribution in [-0.4, -0.2) is 59.2 Å². The maximum Gasteiger partial charge on any atom is 0.280 e. The van der Waals surface area contributed by atoms with Gasteiger partial charge in [0, 0.05) is 26.2 Å². The molecule has 0 atom stereocenters. The van der Waals surface area contributed by atoms with E-state index in [4.69, 9.17) is 5.73 Å². The van der Waals surface area contributed by atoms with E-state index in [1.54, 1.807) is 4.90 Å². The van der Waals surface area contributed by atoms with Crippen LogP contribution in [0.1, 0.15) is 10.5 Å². The molecule has 2 N–H and O–H groups in total. The predicted octanol–water partition coefficient (Wildman–Crippen LogP) is -0.961. The van der Waals surface area contributed by atoms with Crippen molar-refractivity contribution in [2.45, 2.75) is 0 Å². The Kier molecular flexibility index (Phi) is 2.55. The molecule has 0 saturated carbocycles. The molecule has 1 aliphatic heterocycles. The number of aromatic nitrogens is 2. The van der Waals surface area contributed by atoms with E-state index in [0.29, 0.717) is 13.1 Å². The summed E-state index contributed by atoms with van der Waals surface area (Å²) in [5.74, 6) is -0.152. The summed E-state index contributed by atoms with van der Waals surface area (Å²) in [6.45, 7) is 3.08. The number of carbonyl (C=O) groups is 1. The number of nitrogens with two attached hydrogens (primary N) is 1. The van der Waals surface area contributed by atoms with Gasteiger partial charge in [-0.1, -0.05) is 0 Å². The fourth-order valence-corrected chi connectivity index (χ4v) is 1.50. The molecule has 7 heteroatoms. The summed E-state index contributed by atoms with van der Waals surface area (Å²) in [5, 5.41) is 6.88. The van der Waals surface area contributed by atoms with E-state index in [2.05, 4.69) is 19.8 Å². The lowest BCUT2D eigenvalue weighted by atomic mass is 10.3. The molecule has 0 spiro atoms. The van der Waals surface area contributed by atoms with Gasteiger partial charge in [0.1, 0.15) is 0 Å². The summed E-state index contributed by atoms with van der Waals surface area (Å²) in [6.07, 6.45) is 0. The molecule has 15 heavy (non-hydrogen) atoms. The topological polar surface area (TPSA) is 88.5 Å². The molecule has 82 valence electrons. The maximum absolute atomic E-state index is 11.9. The second-order valence-electron chi connectivity index (χ2n) is 3.59. The standard InChI is InChI=1S/C8H13N5O2/c1-12-2-4-13(5-3-12)8(14)6-7(9)11-15-10-6/h2-5H2,1H3,(H2,9,11). The highest BCUT2D eigenvalue weighted by atomic mass is 16.6. The normalized spacial score (nSPS) is 18.1. The summed E-state index contributed by atoms with van der Waals surface area (Å²) in [7, 11) is 2.02. The zero-order valence-electron chi connectivity index (χ0n) is 8.51. The number of hydrogen-bond donors (Lipinski definition) is 1. The average molecular weight is 211 g/mol.